The number of fused-ring (bicyclic) bond motifs is 2. The molecule has 0 spiro atoms. The van der Waals surface area contributed by atoms with Gasteiger partial charge in [0, 0.05) is 22.7 Å². The molecule has 0 aliphatic heterocycles. The number of nitrogens with zero attached hydrogens (tertiary/aromatic N) is 5. The molecule has 0 bridgehead atoms. The molecule has 0 aliphatic rings. The Hall–Kier alpha value is -3.22. The SMILES string of the molecule is COc1ccc(-c2cc3nncn3c(N)n2)c2ccc(C)nc12. The highest BCUT2D eigenvalue weighted by Crippen LogP contribution is 2.33. The molecular weight excluding hydrogens is 292 g/mol. The first-order valence-electron chi connectivity index (χ1n) is 7.08. The van der Waals surface area contributed by atoms with Crippen molar-refractivity contribution in [3.05, 3.63) is 42.4 Å². The summed E-state index contributed by atoms with van der Waals surface area (Å²) in [5, 5.41) is 8.85. The molecule has 3 heterocycles. The number of nitrogens with two attached hydrogens (primary N) is 1. The van der Waals surface area contributed by atoms with Gasteiger partial charge in [0.25, 0.3) is 0 Å². The molecule has 7 nitrogen and oxygen atoms in total. The second kappa shape index (κ2) is 4.91. The molecule has 7 heteroatoms. The molecule has 3 aromatic heterocycles. The van der Waals surface area contributed by atoms with Crippen LogP contribution in [0.4, 0.5) is 5.95 Å². The predicted molar refractivity (Wildman–Crippen MR) is 87.2 cm³/mol. The highest BCUT2D eigenvalue weighted by atomic mass is 16.5. The number of methoxy groups -OCH3 is 1. The number of ether oxygens (including phenoxy) is 1. The predicted octanol–water partition coefficient (Wildman–Crippen LogP) is 2.24. The topological polar surface area (TPSA) is 91.2 Å². The minimum absolute atomic E-state index is 0.339. The molecule has 0 saturated heterocycles. The van der Waals surface area contributed by atoms with Crippen molar-refractivity contribution in [1.82, 2.24) is 24.6 Å². The van der Waals surface area contributed by atoms with E-state index in [9.17, 15) is 0 Å². The van der Waals surface area contributed by atoms with Gasteiger partial charge < -0.3 is 10.5 Å². The number of hydrogen-bond donors (Lipinski definition) is 1. The van der Waals surface area contributed by atoms with Crippen LogP contribution in [0.25, 0.3) is 27.8 Å². The number of nitrogen functional groups attached to an aromatic ring is 1. The third kappa shape index (κ3) is 2.05. The number of hydrogen-bond acceptors (Lipinski definition) is 6. The quantitative estimate of drug-likeness (QED) is 0.610. The summed E-state index contributed by atoms with van der Waals surface area (Å²) in [5.74, 6) is 1.07. The van der Waals surface area contributed by atoms with E-state index in [1.165, 1.54) is 0 Å². The number of pyridine rings is 1. The summed E-state index contributed by atoms with van der Waals surface area (Å²) < 4.78 is 7.06. The maximum Gasteiger partial charge on any atom is 0.207 e. The van der Waals surface area contributed by atoms with Gasteiger partial charge in [-0.3, -0.25) is 4.40 Å². The first kappa shape index (κ1) is 13.4. The van der Waals surface area contributed by atoms with Crippen LogP contribution in [0.1, 0.15) is 5.69 Å². The zero-order chi connectivity index (χ0) is 16.0. The van der Waals surface area contributed by atoms with E-state index in [0.717, 1.165) is 33.6 Å². The smallest absolute Gasteiger partial charge is 0.207 e. The fourth-order valence-electron chi connectivity index (χ4n) is 2.67. The molecule has 4 rings (SSSR count). The van der Waals surface area contributed by atoms with E-state index in [1.807, 2.05) is 37.3 Å². The first-order valence-corrected chi connectivity index (χ1v) is 7.08. The van der Waals surface area contributed by atoms with E-state index in [1.54, 1.807) is 17.8 Å². The molecular formula is C16H14N6O. The molecule has 0 aliphatic carbocycles. The Bertz CT molecular complexity index is 1040. The largest absolute Gasteiger partial charge is 0.494 e. The van der Waals surface area contributed by atoms with Crippen LogP contribution in [0.5, 0.6) is 5.75 Å². The molecule has 23 heavy (non-hydrogen) atoms. The molecule has 2 N–H and O–H groups in total. The Morgan fingerprint density at radius 2 is 2.00 bits per heavy atom. The van der Waals surface area contributed by atoms with Crippen molar-refractivity contribution in [3.8, 4) is 17.0 Å². The van der Waals surface area contributed by atoms with Gasteiger partial charge in [-0.05, 0) is 25.1 Å². The van der Waals surface area contributed by atoms with Crippen molar-refractivity contribution in [1.29, 1.82) is 0 Å². The Kier molecular flexibility index (Phi) is 2.87. The van der Waals surface area contributed by atoms with Gasteiger partial charge in [0.05, 0.1) is 12.8 Å². The Balaban J connectivity index is 2.04. The van der Waals surface area contributed by atoms with Crippen molar-refractivity contribution >= 4 is 22.5 Å². The summed E-state index contributed by atoms with van der Waals surface area (Å²) in [4.78, 5) is 9.05. The van der Waals surface area contributed by atoms with Crippen molar-refractivity contribution in [2.75, 3.05) is 12.8 Å². The van der Waals surface area contributed by atoms with Gasteiger partial charge in [-0.25, -0.2) is 9.97 Å². The lowest BCUT2D eigenvalue weighted by Gasteiger charge is -2.11. The second-order valence-electron chi connectivity index (χ2n) is 5.22. The molecule has 1 aromatic carbocycles. The van der Waals surface area contributed by atoms with Crippen molar-refractivity contribution in [2.45, 2.75) is 6.92 Å². The Morgan fingerprint density at radius 3 is 2.83 bits per heavy atom. The van der Waals surface area contributed by atoms with E-state index in [4.69, 9.17) is 10.5 Å². The molecule has 0 atom stereocenters. The standard InChI is InChI=1S/C16H14N6O/c1-9-3-4-11-10(5-6-13(23-2)15(11)19-9)12-7-14-21-18-8-22(14)16(17)20-12/h3-8H,1-2H3,(H2,17,20). The molecule has 0 amide bonds. The molecule has 0 radical (unpaired) electrons. The van der Waals surface area contributed by atoms with Gasteiger partial charge in [-0.15, -0.1) is 10.2 Å². The second-order valence-corrected chi connectivity index (χ2v) is 5.22. The van der Waals surface area contributed by atoms with Crippen molar-refractivity contribution < 1.29 is 4.74 Å². The number of benzene rings is 1. The number of aromatic nitrogens is 5. The van der Waals surface area contributed by atoms with E-state index >= 15 is 0 Å². The minimum Gasteiger partial charge on any atom is -0.494 e. The Morgan fingerprint density at radius 1 is 1.13 bits per heavy atom. The van der Waals surface area contributed by atoms with E-state index in [2.05, 4.69) is 20.2 Å². The molecule has 0 fully saturated rings. The van der Waals surface area contributed by atoms with Crippen LogP contribution in [-0.4, -0.2) is 31.7 Å². The zero-order valence-corrected chi connectivity index (χ0v) is 12.7. The van der Waals surface area contributed by atoms with Crippen LogP contribution >= 0.6 is 0 Å². The van der Waals surface area contributed by atoms with Gasteiger partial charge in [-0.1, -0.05) is 6.07 Å². The molecule has 114 valence electrons. The van der Waals surface area contributed by atoms with E-state index < -0.39 is 0 Å². The van der Waals surface area contributed by atoms with Crippen LogP contribution in [0.3, 0.4) is 0 Å². The van der Waals surface area contributed by atoms with Crippen LogP contribution < -0.4 is 10.5 Å². The summed E-state index contributed by atoms with van der Waals surface area (Å²) in [6, 6.07) is 9.67. The van der Waals surface area contributed by atoms with Crippen LogP contribution in [0.15, 0.2) is 36.7 Å². The fraction of sp³-hybridized carbons (Fsp3) is 0.125. The van der Waals surface area contributed by atoms with Gasteiger partial charge >= 0.3 is 0 Å². The average Bonchev–Trinajstić information content (AvgIpc) is 3.02. The summed E-state index contributed by atoms with van der Waals surface area (Å²) >= 11 is 0. The number of aryl methyl sites for hydroxylation is 1. The van der Waals surface area contributed by atoms with Gasteiger partial charge in [-0.2, -0.15) is 0 Å². The van der Waals surface area contributed by atoms with Crippen LogP contribution in [-0.2, 0) is 0 Å². The van der Waals surface area contributed by atoms with Gasteiger partial charge in [0.2, 0.25) is 5.95 Å². The van der Waals surface area contributed by atoms with Gasteiger partial charge in [0.15, 0.2) is 5.65 Å². The summed E-state index contributed by atoms with van der Waals surface area (Å²) in [7, 11) is 1.64. The first-order chi connectivity index (χ1) is 11.2. The third-order valence-electron chi connectivity index (χ3n) is 3.78. The monoisotopic (exact) mass is 306 g/mol. The van der Waals surface area contributed by atoms with E-state index in [0.29, 0.717) is 11.6 Å². The number of anilines is 1. The lowest BCUT2D eigenvalue weighted by atomic mass is 10.0. The van der Waals surface area contributed by atoms with Gasteiger partial charge in [0.1, 0.15) is 17.6 Å². The highest BCUT2D eigenvalue weighted by Gasteiger charge is 2.13. The lowest BCUT2D eigenvalue weighted by molar-refractivity contribution is 0.419. The van der Waals surface area contributed by atoms with Crippen LogP contribution in [0, 0.1) is 6.92 Å². The maximum atomic E-state index is 5.99. The third-order valence-corrected chi connectivity index (χ3v) is 3.78. The highest BCUT2D eigenvalue weighted by molar-refractivity contribution is 5.97. The molecule has 4 aromatic rings. The molecule has 0 saturated carbocycles. The van der Waals surface area contributed by atoms with Crippen molar-refractivity contribution in [3.63, 3.8) is 0 Å². The van der Waals surface area contributed by atoms with Crippen molar-refractivity contribution in [2.24, 2.45) is 0 Å². The Labute approximate surface area is 131 Å². The summed E-state index contributed by atoms with van der Waals surface area (Å²) in [6.45, 7) is 1.95. The fourth-order valence-corrected chi connectivity index (χ4v) is 2.67. The van der Waals surface area contributed by atoms with E-state index in [-0.39, 0.29) is 0 Å². The maximum absolute atomic E-state index is 5.99. The average molecular weight is 306 g/mol. The number of rotatable bonds is 2. The lowest BCUT2D eigenvalue weighted by Crippen LogP contribution is -2.01. The summed E-state index contributed by atoms with van der Waals surface area (Å²) in [6.07, 6.45) is 1.54. The van der Waals surface area contributed by atoms with Crippen LogP contribution in [0.2, 0.25) is 0 Å². The summed E-state index contributed by atoms with van der Waals surface area (Å²) in [5.41, 5.74) is 10.0. The zero-order valence-electron chi connectivity index (χ0n) is 12.7. The minimum atomic E-state index is 0.339. The normalized spacial score (nSPS) is 11.2. The molecule has 0 unspecified atom stereocenters.